The van der Waals surface area contributed by atoms with E-state index >= 15 is 0 Å². The molecular formula is C17H18O3. The van der Waals surface area contributed by atoms with Crippen molar-refractivity contribution in [3.63, 3.8) is 0 Å². The highest BCUT2D eigenvalue weighted by Crippen LogP contribution is 2.38. The van der Waals surface area contributed by atoms with Crippen molar-refractivity contribution in [1.29, 1.82) is 0 Å². The monoisotopic (exact) mass is 270 g/mol. The molecule has 0 radical (unpaired) electrons. The van der Waals surface area contributed by atoms with Gasteiger partial charge >= 0.3 is 0 Å². The Morgan fingerprint density at radius 2 is 1.50 bits per heavy atom. The number of benzene rings is 2. The molecule has 0 amide bonds. The molecule has 2 aromatic carbocycles. The SMILES string of the molecule is COc1cc2c3c(cc(OC)cc3c1)CC(C(C)=O)C2. The van der Waals surface area contributed by atoms with E-state index in [-0.39, 0.29) is 11.7 Å². The molecule has 0 saturated carbocycles. The summed E-state index contributed by atoms with van der Waals surface area (Å²) in [6.45, 7) is 1.67. The van der Waals surface area contributed by atoms with Gasteiger partial charge in [0.2, 0.25) is 0 Å². The van der Waals surface area contributed by atoms with Gasteiger partial charge in [-0.1, -0.05) is 0 Å². The van der Waals surface area contributed by atoms with Gasteiger partial charge in [0.1, 0.15) is 17.3 Å². The van der Waals surface area contributed by atoms with Crippen molar-refractivity contribution in [3.05, 3.63) is 35.4 Å². The van der Waals surface area contributed by atoms with Crippen LogP contribution < -0.4 is 9.47 Å². The third-order valence-electron chi connectivity index (χ3n) is 4.14. The molecule has 3 heteroatoms. The standard InChI is InChI=1S/C17H18O3/c1-10(18)11-4-12-6-15(19-2)8-14-9-16(20-3)7-13(5-11)17(12)14/h6-9,11H,4-5H2,1-3H3. The first-order valence-electron chi connectivity index (χ1n) is 6.80. The highest BCUT2D eigenvalue weighted by molar-refractivity contribution is 5.94. The lowest BCUT2D eigenvalue weighted by Crippen LogP contribution is -2.21. The van der Waals surface area contributed by atoms with Crippen LogP contribution in [0.1, 0.15) is 18.1 Å². The molecule has 104 valence electrons. The fraction of sp³-hybridized carbons (Fsp3) is 0.353. The second-order valence-electron chi connectivity index (χ2n) is 5.39. The van der Waals surface area contributed by atoms with Crippen LogP contribution in [0, 0.1) is 5.92 Å². The third kappa shape index (κ3) is 2.03. The van der Waals surface area contributed by atoms with Crippen molar-refractivity contribution >= 4 is 16.6 Å². The van der Waals surface area contributed by atoms with E-state index in [0.717, 1.165) is 29.7 Å². The van der Waals surface area contributed by atoms with Crippen molar-refractivity contribution in [2.75, 3.05) is 14.2 Å². The number of hydrogen-bond donors (Lipinski definition) is 0. The van der Waals surface area contributed by atoms with Gasteiger partial charge < -0.3 is 9.47 Å². The first-order chi connectivity index (χ1) is 9.62. The van der Waals surface area contributed by atoms with Gasteiger partial charge in [0.05, 0.1) is 14.2 Å². The van der Waals surface area contributed by atoms with Crippen LogP contribution in [-0.2, 0) is 17.6 Å². The summed E-state index contributed by atoms with van der Waals surface area (Å²) in [5.74, 6) is 1.96. The fourth-order valence-electron chi connectivity index (χ4n) is 3.09. The molecule has 0 spiro atoms. The van der Waals surface area contributed by atoms with Gasteiger partial charge in [-0.3, -0.25) is 4.79 Å². The maximum atomic E-state index is 11.8. The fourth-order valence-corrected chi connectivity index (χ4v) is 3.09. The molecule has 20 heavy (non-hydrogen) atoms. The quantitative estimate of drug-likeness (QED) is 0.859. The summed E-state index contributed by atoms with van der Waals surface area (Å²) >= 11 is 0. The molecule has 0 saturated heterocycles. The van der Waals surface area contributed by atoms with E-state index in [1.807, 2.05) is 24.3 Å². The molecular weight excluding hydrogens is 252 g/mol. The molecule has 2 aromatic rings. The Morgan fingerprint density at radius 3 is 1.90 bits per heavy atom. The largest absolute Gasteiger partial charge is 0.497 e. The maximum Gasteiger partial charge on any atom is 0.133 e. The summed E-state index contributed by atoms with van der Waals surface area (Å²) in [6, 6.07) is 8.15. The van der Waals surface area contributed by atoms with Crippen LogP contribution in [0.5, 0.6) is 11.5 Å². The number of ether oxygens (including phenoxy) is 2. The van der Waals surface area contributed by atoms with E-state index in [0.29, 0.717) is 0 Å². The third-order valence-corrected chi connectivity index (χ3v) is 4.14. The normalized spacial score (nSPS) is 14.3. The van der Waals surface area contributed by atoms with E-state index in [1.54, 1.807) is 21.1 Å². The van der Waals surface area contributed by atoms with Gasteiger partial charge in [-0.05, 0) is 65.9 Å². The topological polar surface area (TPSA) is 35.5 Å². The van der Waals surface area contributed by atoms with Gasteiger partial charge in [0, 0.05) is 5.92 Å². The molecule has 0 heterocycles. The lowest BCUT2D eigenvalue weighted by Gasteiger charge is -2.24. The average Bonchev–Trinajstić information content (AvgIpc) is 2.46. The Labute approximate surface area is 118 Å². The van der Waals surface area contributed by atoms with Gasteiger partial charge in [-0.25, -0.2) is 0 Å². The van der Waals surface area contributed by atoms with Gasteiger partial charge in [0.15, 0.2) is 0 Å². The molecule has 1 aliphatic carbocycles. The molecule has 0 aromatic heterocycles. The lowest BCUT2D eigenvalue weighted by molar-refractivity contribution is -0.120. The summed E-state index contributed by atoms with van der Waals surface area (Å²) in [4.78, 5) is 11.8. The van der Waals surface area contributed by atoms with Crippen LogP contribution in [0.4, 0.5) is 0 Å². The number of hydrogen-bond acceptors (Lipinski definition) is 3. The highest BCUT2D eigenvalue weighted by atomic mass is 16.5. The van der Waals surface area contributed by atoms with Crippen LogP contribution >= 0.6 is 0 Å². The van der Waals surface area contributed by atoms with Crippen LogP contribution in [0.3, 0.4) is 0 Å². The number of Topliss-reactive ketones (excluding diaryl/α,β-unsaturated/α-hetero) is 1. The van der Waals surface area contributed by atoms with E-state index in [4.69, 9.17) is 9.47 Å². The zero-order chi connectivity index (χ0) is 14.3. The van der Waals surface area contributed by atoms with Crippen molar-refractivity contribution in [3.8, 4) is 11.5 Å². The number of carbonyl (C=O) groups is 1. The van der Waals surface area contributed by atoms with Gasteiger partial charge in [-0.2, -0.15) is 0 Å². The first kappa shape index (κ1) is 13.0. The average molecular weight is 270 g/mol. The van der Waals surface area contributed by atoms with Crippen LogP contribution in [0.2, 0.25) is 0 Å². The molecule has 0 N–H and O–H groups in total. The Morgan fingerprint density at radius 1 is 1.00 bits per heavy atom. The Balaban J connectivity index is 2.26. The zero-order valence-corrected chi connectivity index (χ0v) is 12.0. The van der Waals surface area contributed by atoms with Crippen molar-refractivity contribution in [2.45, 2.75) is 19.8 Å². The number of rotatable bonds is 3. The molecule has 0 bridgehead atoms. The van der Waals surface area contributed by atoms with Gasteiger partial charge in [-0.15, -0.1) is 0 Å². The molecule has 3 rings (SSSR count). The molecule has 0 aliphatic heterocycles. The first-order valence-corrected chi connectivity index (χ1v) is 6.80. The summed E-state index contributed by atoms with van der Waals surface area (Å²) < 4.78 is 10.7. The number of carbonyl (C=O) groups excluding carboxylic acids is 1. The van der Waals surface area contributed by atoms with Crippen LogP contribution in [-0.4, -0.2) is 20.0 Å². The van der Waals surface area contributed by atoms with Crippen molar-refractivity contribution in [2.24, 2.45) is 5.92 Å². The molecule has 0 fully saturated rings. The minimum atomic E-state index is 0.0601. The molecule has 0 unspecified atom stereocenters. The summed E-state index contributed by atoms with van der Waals surface area (Å²) in [7, 11) is 3.33. The smallest absolute Gasteiger partial charge is 0.133 e. The minimum Gasteiger partial charge on any atom is -0.497 e. The summed E-state index contributed by atoms with van der Waals surface area (Å²) in [5.41, 5.74) is 2.40. The summed E-state index contributed by atoms with van der Waals surface area (Å²) in [5, 5.41) is 2.37. The maximum absolute atomic E-state index is 11.8. The minimum absolute atomic E-state index is 0.0601. The number of ketones is 1. The van der Waals surface area contributed by atoms with Crippen LogP contribution in [0.15, 0.2) is 24.3 Å². The van der Waals surface area contributed by atoms with Crippen molar-refractivity contribution in [1.82, 2.24) is 0 Å². The van der Waals surface area contributed by atoms with E-state index in [1.165, 1.54) is 16.5 Å². The predicted octanol–water partition coefficient (Wildman–Crippen LogP) is 3.16. The molecule has 0 atom stereocenters. The van der Waals surface area contributed by atoms with Gasteiger partial charge in [0.25, 0.3) is 0 Å². The van der Waals surface area contributed by atoms with E-state index in [2.05, 4.69) is 0 Å². The second-order valence-corrected chi connectivity index (χ2v) is 5.39. The summed E-state index contributed by atoms with van der Waals surface area (Å²) in [6.07, 6.45) is 1.59. The predicted molar refractivity (Wildman–Crippen MR) is 78.6 cm³/mol. The Kier molecular flexibility index (Phi) is 3.13. The highest BCUT2D eigenvalue weighted by Gasteiger charge is 2.25. The van der Waals surface area contributed by atoms with E-state index < -0.39 is 0 Å². The lowest BCUT2D eigenvalue weighted by atomic mass is 9.80. The Bertz CT molecular complexity index is 639. The molecule has 1 aliphatic rings. The van der Waals surface area contributed by atoms with Crippen LogP contribution in [0.25, 0.3) is 10.8 Å². The van der Waals surface area contributed by atoms with Crippen molar-refractivity contribution < 1.29 is 14.3 Å². The Hall–Kier alpha value is -2.03. The number of methoxy groups -OCH3 is 2. The zero-order valence-electron chi connectivity index (χ0n) is 12.0. The second kappa shape index (κ2) is 4.82. The molecule has 3 nitrogen and oxygen atoms in total. The van der Waals surface area contributed by atoms with E-state index in [9.17, 15) is 4.79 Å².